The van der Waals surface area contributed by atoms with Crippen LogP contribution in [0.4, 0.5) is 0 Å². The lowest BCUT2D eigenvalue weighted by Gasteiger charge is -2.26. The Morgan fingerprint density at radius 1 is 1.53 bits per heavy atom. The van der Waals surface area contributed by atoms with Crippen molar-refractivity contribution in [2.24, 2.45) is 5.92 Å². The number of pyridine rings is 1. The Morgan fingerprint density at radius 2 is 2.24 bits per heavy atom. The molecule has 0 atom stereocenters. The lowest BCUT2D eigenvalue weighted by molar-refractivity contribution is 0.0695. The van der Waals surface area contributed by atoms with Crippen LogP contribution in [-0.4, -0.2) is 28.4 Å². The lowest BCUT2D eigenvalue weighted by atomic mass is 10.2. The van der Waals surface area contributed by atoms with Gasteiger partial charge in [-0.25, -0.2) is 0 Å². The van der Waals surface area contributed by atoms with E-state index in [2.05, 4.69) is 34.8 Å². The number of rotatable bonds is 4. The zero-order valence-electron chi connectivity index (χ0n) is 10.2. The number of carbonyl (C=O) groups excluding carboxylic acids is 1. The molecule has 17 heavy (non-hydrogen) atoms. The Balaban J connectivity index is 2.14. The van der Waals surface area contributed by atoms with Crippen LogP contribution in [0.2, 0.25) is 0 Å². The normalized spacial score (nSPS) is 15.1. The van der Waals surface area contributed by atoms with Gasteiger partial charge >= 0.3 is 0 Å². The SMILES string of the molecule is CC(C)N(CC1CC1)C(=O)c1cncc(Br)c1. The molecule has 0 radical (unpaired) electrons. The molecule has 3 nitrogen and oxygen atoms in total. The molecule has 1 heterocycles. The fourth-order valence-electron chi connectivity index (χ4n) is 1.80. The van der Waals surface area contributed by atoms with Gasteiger partial charge < -0.3 is 4.90 Å². The number of hydrogen-bond acceptors (Lipinski definition) is 2. The van der Waals surface area contributed by atoms with Gasteiger partial charge in [-0.1, -0.05) is 0 Å². The van der Waals surface area contributed by atoms with Gasteiger partial charge in [0.2, 0.25) is 0 Å². The van der Waals surface area contributed by atoms with Crippen molar-refractivity contribution in [3.05, 3.63) is 28.5 Å². The molecule has 0 aromatic carbocycles. The van der Waals surface area contributed by atoms with E-state index in [1.807, 2.05) is 11.0 Å². The molecule has 2 rings (SSSR count). The first-order valence-electron chi connectivity index (χ1n) is 5.99. The minimum absolute atomic E-state index is 0.0840. The van der Waals surface area contributed by atoms with Crippen LogP contribution >= 0.6 is 15.9 Å². The van der Waals surface area contributed by atoms with Gasteiger partial charge in [0.1, 0.15) is 0 Å². The van der Waals surface area contributed by atoms with Gasteiger partial charge in [-0.3, -0.25) is 9.78 Å². The Kier molecular flexibility index (Phi) is 3.82. The van der Waals surface area contributed by atoms with Crippen molar-refractivity contribution in [3.63, 3.8) is 0 Å². The zero-order valence-corrected chi connectivity index (χ0v) is 11.8. The minimum Gasteiger partial charge on any atom is -0.336 e. The third-order valence-corrected chi connectivity index (χ3v) is 3.42. The number of carbonyl (C=O) groups is 1. The van der Waals surface area contributed by atoms with E-state index in [1.165, 1.54) is 12.8 Å². The topological polar surface area (TPSA) is 33.2 Å². The van der Waals surface area contributed by atoms with E-state index in [1.54, 1.807) is 12.4 Å². The second-order valence-electron chi connectivity index (χ2n) is 4.89. The predicted octanol–water partition coefficient (Wildman–Crippen LogP) is 3.10. The van der Waals surface area contributed by atoms with Crippen LogP contribution in [0, 0.1) is 5.92 Å². The van der Waals surface area contributed by atoms with E-state index in [9.17, 15) is 4.79 Å². The summed E-state index contributed by atoms with van der Waals surface area (Å²) in [5, 5.41) is 0. The van der Waals surface area contributed by atoms with Gasteiger partial charge in [0, 0.05) is 29.5 Å². The highest BCUT2D eigenvalue weighted by Crippen LogP contribution is 2.30. The van der Waals surface area contributed by atoms with Crippen LogP contribution in [0.15, 0.2) is 22.9 Å². The fourth-order valence-corrected chi connectivity index (χ4v) is 2.17. The van der Waals surface area contributed by atoms with Gasteiger partial charge in [-0.15, -0.1) is 0 Å². The predicted molar refractivity (Wildman–Crippen MR) is 70.8 cm³/mol. The summed E-state index contributed by atoms with van der Waals surface area (Å²) < 4.78 is 0.846. The summed E-state index contributed by atoms with van der Waals surface area (Å²) in [4.78, 5) is 18.4. The highest BCUT2D eigenvalue weighted by Gasteiger charge is 2.28. The largest absolute Gasteiger partial charge is 0.336 e. The summed E-state index contributed by atoms with van der Waals surface area (Å²) in [6.07, 6.45) is 5.84. The van der Waals surface area contributed by atoms with Crippen molar-refractivity contribution in [2.75, 3.05) is 6.54 Å². The van der Waals surface area contributed by atoms with Crippen LogP contribution in [-0.2, 0) is 0 Å². The first-order valence-corrected chi connectivity index (χ1v) is 6.78. The van der Waals surface area contributed by atoms with Gasteiger partial charge in [-0.2, -0.15) is 0 Å². The second-order valence-corrected chi connectivity index (χ2v) is 5.80. The van der Waals surface area contributed by atoms with Gasteiger partial charge in [-0.05, 0) is 54.6 Å². The molecule has 92 valence electrons. The third kappa shape index (κ3) is 3.28. The molecule has 0 unspecified atom stereocenters. The highest BCUT2D eigenvalue weighted by atomic mass is 79.9. The number of nitrogens with zero attached hydrogens (tertiary/aromatic N) is 2. The average Bonchev–Trinajstić information content (AvgIpc) is 3.08. The van der Waals surface area contributed by atoms with Crippen LogP contribution in [0.25, 0.3) is 0 Å². The van der Waals surface area contributed by atoms with E-state index >= 15 is 0 Å². The Labute approximate surface area is 110 Å². The van der Waals surface area contributed by atoms with Crippen molar-refractivity contribution in [1.82, 2.24) is 9.88 Å². The highest BCUT2D eigenvalue weighted by molar-refractivity contribution is 9.10. The lowest BCUT2D eigenvalue weighted by Crippen LogP contribution is -2.38. The van der Waals surface area contributed by atoms with Gasteiger partial charge in [0.05, 0.1) is 5.56 Å². The standard InChI is InChI=1S/C13H17BrN2O/c1-9(2)16(8-10-3-4-10)13(17)11-5-12(14)7-15-6-11/h5-7,9-10H,3-4,8H2,1-2H3. The maximum Gasteiger partial charge on any atom is 0.255 e. The number of amides is 1. The van der Waals surface area contributed by atoms with E-state index in [4.69, 9.17) is 0 Å². The second kappa shape index (κ2) is 5.17. The van der Waals surface area contributed by atoms with Crippen LogP contribution in [0.5, 0.6) is 0 Å². The van der Waals surface area contributed by atoms with E-state index in [-0.39, 0.29) is 11.9 Å². The molecular formula is C13H17BrN2O. The summed E-state index contributed by atoms with van der Waals surface area (Å²) in [6.45, 7) is 5.00. The smallest absolute Gasteiger partial charge is 0.255 e. The molecule has 4 heteroatoms. The van der Waals surface area contributed by atoms with E-state index in [0.29, 0.717) is 11.5 Å². The molecule has 1 fully saturated rings. The van der Waals surface area contributed by atoms with Gasteiger partial charge in [0.15, 0.2) is 0 Å². The molecule has 1 aromatic rings. The van der Waals surface area contributed by atoms with E-state index < -0.39 is 0 Å². The van der Waals surface area contributed by atoms with E-state index in [0.717, 1.165) is 11.0 Å². The first kappa shape index (κ1) is 12.6. The van der Waals surface area contributed by atoms with Crippen LogP contribution in [0.1, 0.15) is 37.0 Å². The quantitative estimate of drug-likeness (QED) is 0.855. The van der Waals surface area contributed by atoms with Crippen molar-refractivity contribution in [3.8, 4) is 0 Å². The van der Waals surface area contributed by atoms with Gasteiger partial charge in [0.25, 0.3) is 5.91 Å². The van der Waals surface area contributed by atoms with Crippen molar-refractivity contribution in [2.45, 2.75) is 32.7 Å². The Bertz CT molecular complexity index is 416. The molecule has 1 aliphatic rings. The summed E-state index contributed by atoms with van der Waals surface area (Å²) in [7, 11) is 0. The monoisotopic (exact) mass is 296 g/mol. The zero-order chi connectivity index (χ0) is 12.4. The summed E-state index contributed by atoms with van der Waals surface area (Å²) >= 11 is 3.35. The maximum atomic E-state index is 12.4. The molecule has 0 aliphatic heterocycles. The summed E-state index contributed by atoms with van der Waals surface area (Å²) in [5.41, 5.74) is 0.661. The Hall–Kier alpha value is -0.900. The number of aromatic nitrogens is 1. The molecule has 1 saturated carbocycles. The van der Waals surface area contributed by atoms with Crippen molar-refractivity contribution in [1.29, 1.82) is 0 Å². The molecular weight excluding hydrogens is 280 g/mol. The van der Waals surface area contributed by atoms with Crippen molar-refractivity contribution >= 4 is 21.8 Å². The maximum absolute atomic E-state index is 12.4. The molecule has 1 aliphatic carbocycles. The van der Waals surface area contributed by atoms with Crippen LogP contribution < -0.4 is 0 Å². The molecule has 0 N–H and O–H groups in total. The number of hydrogen-bond donors (Lipinski definition) is 0. The first-order chi connectivity index (χ1) is 8.08. The molecule has 0 spiro atoms. The third-order valence-electron chi connectivity index (χ3n) is 2.99. The van der Waals surface area contributed by atoms with Crippen molar-refractivity contribution < 1.29 is 4.79 Å². The fraction of sp³-hybridized carbons (Fsp3) is 0.538. The average molecular weight is 297 g/mol. The molecule has 1 amide bonds. The molecule has 0 saturated heterocycles. The Morgan fingerprint density at radius 3 is 2.76 bits per heavy atom. The number of halogens is 1. The molecule has 1 aromatic heterocycles. The summed E-state index contributed by atoms with van der Waals surface area (Å²) in [6, 6.07) is 2.07. The summed E-state index contributed by atoms with van der Waals surface area (Å²) in [5.74, 6) is 0.794. The molecule has 0 bridgehead atoms. The minimum atomic E-state index is 0.0840. The van der Waals surface area contributed by atoms with Crippen LogP contribution in [0.3, 0.4) is 0 Å².